The number of fused-ring (bicyclic) bond motifs is 1. The van der Waals surface area contributed by atoms with Gasteiger partial charge in [-0.2, -0.15) is 0 Å². The monoisotopic (exact) mass is 293 g/mol. The van der Waals surface area contributed by atoms with Crippen molar-refractivity contribution in [3.63, 3.8) is 0 Å². The molecule has 0 fully saturated rings. The minimum absolute atomic E-state index is 0.129. The van der Waals surface area contributed by atoms with Crippen molar-refractivity contribution < 1.29 is 4.74 Å². The molecule has 0 amide bonds. The molecule has 0 spiro atoms. The van der Waals surface area contributed by atoms with Crippen LogP contribution < -0.4 is 11.4 Å². The van der Waals surface area contributed by atoms with Gasteiger partial charge in [0.05, 0.1) is 29.1 Å². The fraction of sp³-hybridized carbons (Fsp3) is 0.538. The zero-order valence-corrected chi connectivity index (χ0v) is 13.2. The summed E-state index contributed by atoms with van der Waals surface area (Å²) in [5.41, 5.74) is 7.68. The molecule has 0 bridgehead atoms. The Morgan fingerprint density at radius 1 is 1.40 bits per heavy atom. The highest BCUT2D eigenvalue weighted by Crippen LogP contribution is 2.17. The first-order valence-corrected chi connectivity index (χ1v) is 9.38. The molecule has 6 nitrogen and oxygen atoms in total. The number of aromatic nitrogens is 3. The lowest BCUT2D eigenvalue weighted by atomic mass is 10.3. The van der Waals surface area contributed by atoms with Crippen LogP contribution in [0.15, 0.2) is 17.2 Å². The van der Waals surface area contributed by atoms with Gasteiger partial charge in [0.25, 0.3) is 0 Å². The molecule has 20 heavy (non-hydrogen) atoms. The van der Waals surface area contributed by atoms with E-state index in [0.717, 1.165) is 6.42 Å². The number of anilines is 1. The van der Waals surface area contributed by atoms with Crippen molar-refractivity contribution in [2.24, 2.45) is 7.05 Å². The van der Waals surface area contributed by atoms with Crippen LogP contribution in [0.2, 0.25) is 19.1 Å². The topological polar surface area (TPSA) is 75.1 Å². The fourth-order valence-electron chi connectivity index (χ4n) is 2.21. The summed E-state index contributed by atoms with van der Waals surface area (Å²) in [6.45, 7) is 5.49. The summed E-state index contributed by atoms with van der Waals surface area (Å²) in [4.78, 5) is 16.2. The molecule has 2 heterocycles. The number of nitrogens with two attached hydrogens (primary N) is 1. The van der Waals surface area contributed by atoms with Gasteiger partial charge in [-0.1, -0.05) is 19.1 Å². The number of rotatable bonds is 6. The van der Waals surface area contributed by atoms with E-state index in [0.29, 0.717) is 23.3 Å². The first-order chi connectivity index (χ1) is 9.52. The van der Waals surface area contributed by atoms with Crippen LogP contribution in [-0.2, 0) is 18.5 Å². The van der Waals surface area contributed by atoms with Crippen molar-refractivity contribution >= 4 is 25.5 Å². The lowest BCUT2D eigenvalue weighted by Gasteiger charge is -2.06. The SMILES string of the molecule is Cn1c(=O)n(COCCC[Si](C)C)c2cncc(N)c21. The largest absolute Gasteiger partial charge is 0.396 e. The smallest absolute Gasteiger partial charge is 0.330 e. The molecule has 0 aliphatic carbocycles. The van der Waals surface area contributed by atoms with Crippen LogP contribution in [0.1, 0.15) is 6.42 Å². The highest BCUT2D eigenvalue weighted by Gasteiger charge is 2.13. The van der Waals surface area contributed by atoms with Crippen molar-refractivity contribution in [3.8, 4) is 0 Å². The summed E-state index contributed by atoms with van der Waals surface area (Å²) in [5, 5.41) is 0. The summed E-state index contributed by atoms with van der Waals surface area (Å²) in [7, 11) is 1.51. The number of imidazole rings is 1. The van der Waals surface area contributed by atoms with E-state index in [-0.39, 0.29) is 21.2 Å². The Labute approximate surface area is 119 Å². The number of aryl methyl sites for hydroxylation is 1. The van der Waals surface area contributed by atoms with Crippen molar-refractivity contribution in [3.05, 3.63) is 22.9 Å². The maximum absolute atomic E-state index is 12.2. The predicted octanol–water partition coefficient (Wildman–Crippen LogP) is 1.44. The van der Waals surface area contributed by atoms with E-state index in [1.807, 2.05) is 0 Å². The van der Waals surface area contributed by atoms with Gasteiger partial charge >= 0.3 is 5.69 Å². The molecule has 2 rings (SSSR count). The predicted molar refractivity (Wildman–Crippen MR) is 82.2 cm³/mol. The molecular formula is C13H21N4O2Si. The zero-order chi connectivity index (χ0) is 14.7. The Balaban J connectivity index is 2.13. The molecule has 0 aliphatic heterocycles. The molecule has 0 saturated heterocycles. The molecule has 0 unspecified atom stereocenters. The molecule has 0 atom stereocenters. The van der Waals surface area contributed by atoms with Gasteiger partial charge in [0, 0.05) is 22.5 Å². The number of hydrogen-bond acceptors (Lipinski definition) is 4. The number of nitrogen functional groups attached to an aromatic ring is 1. The summed E-state index contributed by atoms with van der Waals surface area (Å²) >= 11 is 0. The van der Waals surface area contributed by atoms with Gasteiger partial charge in [-0.15, -0.1) is 0 Å². The van der Waals surface area contributed by atoms with Crippen LogP contribution in [0.25, 0.3) is 11.0 Å². The minimum atomic E-state index is -0.202. The number of pyridine rings is 1. The van der Waals surface area contributed by atoms with E-state index in [1.165, 1.54) is 10.6 Å². The summed E-state index contributed by atoms with van der Waals surface area (Å²) < 4.78 is 8.72. The molecular weight excluding hydrogens is 272 g/mol. The van der Waals surface area contributed by atoms with Gasteiger partial charge in [-0.05, 0) is 6.42 Å². The number of hydrogen-bond donors (Lipinski definition) is 1. The second-order valence-corrected chi connectivity index (χ2v) is 8.13. The van der Waals surface area contributed by atoms with E-state index in [1.54, 1.807) is 24.0 Å². The van der Waals surface area contributed by atoms with E-state index in [9.17, 15) is 4.79 Å². The molecule has 2 N–H and O–H groups in total. The van der Waals surface area contributed by atoms with Crippen LogP contribution in [0, 0.1) is 0 Å². The first kappa shape index (κ1) is 14.8. The van der Waals surface area contributed by atoms with Gasteiger partial charge in [-0.3, -0.25) is 14.1 Å². The highest BCUT2D eigenvalue weighted by atomic mass is 28.3. The number of ether oxygens (including phenoxy) is 1. The Hall–Kier alpha value is -1.60. The van der Waals surface area contributed by atoms with Crippen LogP contribution in [0.5, 0.6) is 0 Å². The summed E-state index contributed by atoms with van der Waals surface area (Å²) in [6.07, 6.45) is 4.25. The second-order valence-electron chi connectivity index (χ2n) is 5.21. The quantitative estimate of drug-likeness (QED) is 0.646. The maximum Gasteiger partial charge on any atom is 0.330 e. The average Bonchev–Trinajstić information content (AvgIpc) is 2.64. The lowest BCUT2D eigenvalue weighted by Crippen LogP contribution is -2.23. The molecule has 2 aromatic rings. The van der Waals surface area contributed by atoms with Crippen molar-refractivity contribution in [1.29, 1.82) is 0 Å². The normalized spacial score (nSPS) is 11.6. The number of nitrogens with zero attached hydrogens (tertiary/aromatic N) is 3. The van der Waals surface area contributed by atoms with Crippen LogP contribution in [-0.4, -0.2) is 29.5 Å². The lowest BCUT2D eigenvalue weighted by molar-refractivity contribution is 0.0775. The van der Waals surface area contributed by atoms with Crippen molar-refractivity contribution in [1.82, 2.24) is 14.1 Å². The third-order valence-electron chi connectivity index (χ3n) is 3.26. The maximum atomic E-state index is 12.2. The summed E-state index contributed by atoms with van der Waals surface area (Å²) in [5.74, 6) is 0. The Kier molecular flexibility index (Phi) is 4.61. The molecule has 0 saturated carbocycles. The summed E-state index contributed by atoms with van der Waals surface area (Å²) in [6, 6.07) is 1.23. The van der Waals surface area contributed by atoms with Gasteiger partial charge in [-0.25, -0.2) is 4.79 Å². The molecule has 2 aromatic heterocycles. The average molecular weight is 293 g/mol. The van der Waals surface area contributed by atoms with Gasteiger partial charge in [0.1, 0.15) is 6.73 Å². The standard InChI is InChI=1S/C13H21N4O2Si/c1-16-12-10(14)7-15-8-11(12)17(13(16)18)9-19-5-4-6-20(2)3/h7-8H,4-6,9,14H2,1-3H3. The van der Waals surface area contributed by atoms with Crippen LogP contribution in [0.4, 0.5) is 5.69 Å². The molecule has 0 aliphatic rings. The highest BCUT2D eigenvalue weighted by molar-refractivity contribution is 6.55. The molecule has 109 valence electrons. The van der Waals surface area contributed by atoms with Gasteiger partial charge in [0.15, 0.2) is 0 Å². The third kappa shape index (κ3) is 2.93. The zero-order valence-electron chi connectivity index (χ0n) is 12.2. The first-order valence-electron chi connectivity index (χ1n) is 6.68. The van der Waals surface area contributed by atoms with Gasteiger partial charge in [0.2, 0.25) is 0 Å². The van der Waals surface area contributed by atoms with Gasteiger partial charge < -0.3 is 10.5 Å². The van der Waals surface area contributed by atoms with E-state index in [4.69, 9.17) is 10.5 Å². The van der Waals surface area contributed by atoms with E-state index >= 15 is 0 Å². The van der Waals surface area contributed by atoms with Crippen molar-refractivity contribution in [2.75, 3.05) is 12.3 Å². The Morgan fingerprint density at radius 2 is 2.15 bits per heavy atom. The molecule has 7 heteroatoms. The van der Waals surface area contributed by atoms with E-state index < -0.39 is 0 Å². The molecule has 1 radical (unpaired) electrons. The fourth-order valence-corrected chi connectivity index (χ4v) is 3.06. The Morgan fingerprint density at radius 3 is 2.85 bits per heavy atom. The van der Waals surface area contributed by atoms with Crippen LogP contribution >= 0.6 is 0 Å². The van der Waals surface area contributed by atoms with Crippen LogP contribution in [0.3, 0.4) is 0 Å². The minimum Gasteiger partial charge on any atom is -0.396 e. The third-order valence-corrected chi connectivity index (χ3v) is 4.61. The second kappa shape index (κ2) is 6.23. The van der Waals surface area contributed by atoms with E-state index in [2.05, 4.69) is 18.1 Å². The molecule has 0 aromatic carbocycles. The Bertz CT molecular complexity index is 648. The van der Waals surface area contributed by atoms with Crippen molar-refractivity contribution in [2.45, 2.75) is 32.3 Å².